The topological polar surface area (TPSA) is 90.9 Å². The van der Waals surface area contributed by atoms with Gasteiger partial charge in [0.1, 0.15) is 5.69 Å². The van der Waals surface area contributed by atoms with Gasteiger partial charge in [0.2, 0.25) is 5.95 Å². The summed E-state index contributed by atoms with van der Waals surface area (Å²) in [6.07, 6.45) is 2.81. The Bertz CT molecular complexity index is 442. The Morgan fingerprint density at radius 2 is 2.16 bits per heavy atom. The molecule has 7 nitrogen and oxygen atoms in total. The summed E-state index contributed by atoms with van der Waals surface area (Å²) in [5.74, 6) is 0.647. The van der Waals surface area contributed by atoms with Gasteiger partial charge in [-0.1, -0.05) is 12.1 Å². The van der Waals surface area contributed by atoms with Crippen LogP contribution in [0.25, 0.3) is 0 Å². The zero-order valence-corrected chi connectivity index (χ0v) is 11.2. The van der Waals surface area contributed by atoms with Crippen LogP contribution in [0.4, 0.5) is 5.95 Å². The molecule has 2 heterocycles. The van der Waals surface area contributed by atoms with E-state index in [-0.39, 0.29) is 5.84 Å². The lowest BCUT2D eigenvalue weighted by molar-refractivity contribution is 0.257. The van der Waals surface area contributed by atoms with Crippen molar-refractivity contribution in [2.24, 2.45) is 10.9 Å². The van der Waals surface area contributed by atoms with Gasteiger partial charge < -0.3 is 15.8 Å². The van der Waals surface area contributed by atoms with Crippen molar-refractivity contribution in [2.45, 2.75) is 13.3 Å². The summed E-state index contributed by atoms with van der Waals surface area (Å²) in [7, 11) is 0. The molecule has 104 valence electrons. The number of nitrogens with two attached hydrogens (primary N) is 1. The number of hydrogen-bond acceptors (Lipinski definition) is 6. The van der Waals surface area contributed by atoms with E-state index in [1.54, 1.807) is 12.3 Å². The van der Waals surface area contributed by atoms with E-state index < -0.39 is 0 Å². The van der Waals surface area contributed by atoms with Gasteiger partial charge in [-0.25, -0.2) is 9.97 Å². The summed E-state index contributed by atoms with van der Waals surface area (Å²) in [5, 5.41) is 11.6. The number of oxime groups is 1. The Hall–Kier alpha value is -1.89. The van der Waals surface area contributed by atoms with Gasteiger partial charge in [0.25, 0.3) is 0 Å². The highest BCUT2D eigenvalue weighted by Crippen LogP contribution is 2.11. The first-order chi connectivity index (χ1) is 9.24. The van der Waals surface area contributed by atoms with Gasteiger partial charge in [0.15, 0.2) is 5.84 Å². The number of aromatic nitrogens is 2. The van der Waals surface area contributed by atoms with Crippen LogP contribution < -0.4 is 10.6 Å². The van der Waals surface area contributed by atoms with Gasteiger partial charge >= 0.3 is 0 Å². The molecule has 0 unspecified atom stereocenters. The fourth-order valence-corrected chi connectivity index (χ4v) is 2.18. The normalized spacial score (nSPS) is 17.7. The van der Waals surface area contributed by atoms with Gasteiger partial charge in [-0.05, 0) is 19.0 Å². The van der Waals surface area contributed by atoms with Crippen molar-refractivity contribution in [2.75, 3.05) is 37.6 Å². The molecule has 19 heavy (non-hydrogen) atoms. The molecule has 1 aromatic heterocycles. The minimum Gasteiger partial charge on any atom is -0.409 e. The minimum atomic E-state index is 0.00766. The maximum Gasteiger partial charge on any atom is 0.226 e. The Morgan fingerprint density at radius 1 is 1.42 bits per heavy atom. The molecule has 7 heteroatoms. The van der Waals surface area contributed by atoms with Gasteiger partial charge in [0.05, 0.1) is 0 Å². The monoisotopic (exact) mass is 264 g/mol. The summed E-state index contributed by atoms with van der Waals surface area (Å²) in [5.41, 5.74) is 5.98. The van der Waals surface area contributed by atoms with Crippen molar-refractivity contribution in [1.82, 2.24) is 14.9 Å². The number of piperazine rings is 1. The van der Waals surface area contributed by atoms with Gasteiger partial charge in [-0.15, -0.1) is 0 Å². The van der Waals surface area contributed by atoms with Crippen LogP contribution in [0.1, 0.15) is 19.0 Å². The second-order valence-electron chi connectivity index (χ2n) is 4.56. The SMILES string of the molecule is CCCN1CCN(c2nccc(/C(N)=N/O)n2)CC1. The maximum atomic E-state index is 8.67. The molecule has 0 atom stereocenters. The van der Waals surface area contributed by atoms with E-state index in [9.17, 15) is 0 Å². The first-order valence-electron chi connectivity index (χ1n) is 6.53. The number of hydrogen-bond donors (Lipinski definition) is 2. The van der Waals surface area contributed by atoms with Crippen LogP contribution in [0.3, 0.4) is 0 Å². The molecule has 1 saturated heterocycles. The predicted octanol–water partition coefficient (Wildman–Crippen LogP) is 0.103. The van der Waals surface area contributed by atoms with Crippen LogP contribution >= 0.6 is 0 Å². The summed E-state index contributed by atoms with van der Waals surface area (Å²) >= 11 is 0. The van der Waals surface area contributed by atoms with Crippen molar-refractivity contribution in [3.05, 3.63) is 18.0 Å². The zero-order chi connectivity index (χ0) is 13.7. The van der Waals surface area contributed by atoms with Crippen molar-refractivity contribution in [3.63, 3.8) is 0 Å². The first kappa shape index (κ1) is 13.5. The van der Waals surface area contributed by atoms with Crippen molar-refractivity contribution in [3.8, 4) is 0 Å². The van der Waals surface area contributed by atoms with E-state index in [1.165, 1.54) is 6.42 Å². The first-order valence-corrected chi connectivity index (χ1v) is 6.53. The molecule has 3 N–H and O–H groups in total. The van der Waals surface area contributed by atoms with Crippen molar-refractivity contribution >= 4 is 11.8 Å². The number of anilines is 1. The molecule has 0 saturated carbocycles. The molecule has 0 bridgehead atoms. The lowest BCUT2D eigenvalue weighted by Crippen LogP contribution is -2.47. The maximum absolute atomic E-state index is 8.67. The fraction of sp³-hybridized carbons (Fsp3) is 0.583. The number of amidine groups is 1. The van der Waals surface area contributed by atoms with E-state index in [0.717, 1.165) is 32.7 Å². The second kappa shape index (κ2) is 6.33. The quantitative estimate of drug-likeness (QED) is 0.347. The van der Waals surface area contributed by atoms with Crippen molar-refractivity contribution in [1.29, 1.82) is 0 Å². The van der Waals surface area contributed by atoms with E-state index in [2.05, 4.69) is 31.8 Å². The molecule has 1 fully saturated rings. The molecular weight excluding hydrogens is 244 g/mol. The predicted molar refractivity (Wildman–Crippen MR) is 73.5 cm³/mol. The molecule has 0 radical (unpaired) electrons. The third-order valence-corrected chi connectivity index (χ3v) is 3.21. The average Bonchev–Trinajstić information content (AvgIpc) is 2.48. The lowest BCUT2D eigenvalue weighted by Gasteiger charge is -2.34. The van der Waals surface area contributed by atoms with Gasteiger partial charge in [0, 0.05) is 32.4 Å². The van der Waals surface area contributed by atoms with Crippen LogP contribution in [0.15, 0.2) is 17.4 Å². The highest BCUT2D eigenvalue weighted by molar-refractivity contribution is 5.95. The Morgan fingerprint density at radius 3 is 2.79 bits per heavy atom. The minimum absolute atomic E-state index is 0.00766. The molecular formula is C12H20N6O. The lowest BCUT2D eigenvalue weighted by atomic mass is 10.3. The molecule has 0 aromatic carbocycles. The third kappa shape index (κ3) is 3.31. The van der Waals surface area contributed by atoms with E-state index >= 15 is 0 Å². The van der Waals surface area contributed by atoms with Crippen LogP contribution in [0, 0.1) is 0 Å². The third-order valence-electron chi connectivity index (χ3n) is 3.21. The van der Waals surface area contributed by atoms with Crippen LogP contribution in [0.2, 0.25) is 0 Å². The zero-order valence-electron chi connectivity index (χ0n) is 11.2. The summed E-state index contributed by atoms with van der Waals surface area (Å²) < 4.78 is 0. The summed E-state index contributed by atoms with van der Waals surface area (Å²) in [4.78, 5) is 13.1. The Labute approximate surface area is 112 Å². The van der Waals surface area contributed by atoms with E-state index in [4.69, 9.17) is 10.9 Å². The molecule has 2 rings (SSSR count). The summed E-state index contributed by atoms with van der Waals surface area (Å²) in [6.45, 7) is 7.17. The van der Waals surface area contributed by atoms with Crippen molar-refractivity contribution < 1.29 is 5.21 Å². The van der Waals surface area contributed by atoms with Gasteiger partial charge in [-0.3, -0.25) is 4.90 Å². The van der Waals surface area contributed by atoms with Crippen LogP contribution in [-0.4, -0.2) is 58.6 Å². The van der Waals surface area contributed by atoms with Crippen LogP contribution in [0.5, 0.6) is 0 Å². The second-order valence-corrected chi connectivity index (χ2v) is 4.56. The number of nitrogens with zero attached hydrogens (tertiary/aromatic N) is 5. The molecule has 1 aliphatic heterocycles. The van der Waals surface area contributed by atoms with E-state index in [1.807, 2.05) is 0 Å². The molecule has 0 amide bonds. The van der Waals surface area contributed by atoms with Gasteiger partial charge in [-0.2, -0.15) is 0 Å². The molecule has 1 aliphatic rings. The Kier molecular flexibility index (Phi) is 4.51. The smallest absolute Gasteiger partial charge is 0.226 e. The molecule has 0 spiro atoms. The average molecular weight is 264 g/mol. The fourth-order valence-electron chi connectivity index (χ4n) is 2.18. The highest BCUT2D eigenvalue weighted by Gasteiger charge is 2.18. The number of rotatable bonds is 4. The largest absolute Gasteiger partial charge is 0.409 e. The molecule has 0 aliphatic carbocycles. The molecule has 1 aromatic rings. The van der Waals surface area contributed by atoms with Crippen LogP contribution in [-0.2, 0) is 0 Å². The van der Waals surface area contributed by atoms with E-state index in [0.29, 0.717) is 11.6 Å². The summed E-state index contributed by atoms with van der Waals surface area (Å²) in [6, 6.07) is 1.63. The highest BCUT2D eigenvalue weighted by atomic mass is 16.4. The standard InChI is InChI=1S/C12H20N6O/c1-2-5-17-6-8-18(9-7-17)12-14-4-3-10(15-12)11(13)16-19/h3-4,19H,2,5-9H2,1H3,(H2,13,16). The Balaban J connectivity index is 2.03.